The minimum atomic E-state index is 0.524. The number of carbonyl (C=O) groups is 1. The van der Waals surface area contributed by atoms with Crippen LogP contribution in [0, 0.1) is 0 Å². The Hall–Kier alpha value is -1.90. The maximum Gasteiger partial charge on any atom is 0.167 e. The van der Waals surface area contributed by atoms with Crippen molar-refractivity contribution >= 4 is 6.29 Å². The van der Waals surface area contributed by atoms with Crippen molar-refractivity contribution in [2.45, 2.75) is 19.3 Å². The van der Waals surface area contributed by atoms with Crippen LogP contribution in [0.3, 0.4) is 0 Å². The van der Waals surface area contributed by atoms with Crippen LogP contribution in [0.25, 0.3) is 11.3 Å². The summed E-state index contributed by atoms with van der Waals surface area (Å²) in [7, 11) is 0. The molecule has 3 nitrogen and oxygen atoms in total. The highest BCUT2D eigenvalue weighted by atomic mass is 16.1. The van der Waals surface area contributed by atoms with E-state index in [9.17, 15) is 4.79 Å². The van der Waals surface area contributed by atoms with Crippen LogP contribution in [0.2, 0.25) is 0 Å². The number of rotatable bonds is 2. The number of aryl methyl sites for hydroxylation is 2. The van der Waals surface area contributed by atoms with Gasteiger partial charge in [0.1, 0.15) is 0 Å². The lowest BCUT2D eigenvalue weighted by atomic mass is 10.0. The predicted octanol–water partition coefficient (Wildman–Crippen LogP) is 2.38. The van der Waals surface area contributed by atoms with Crippen molar-refractivity contribution in [3.05, 3.63) is 41.1 Å². The van der Waals surface area contributed by atoms with Gasteiger partial charge >= 0.3 is 0 Å². The van der Waals surface area contributed by atoms with Gasteiger partial charge in [0.15, 0.2) is 6.29 Å². The first-order valence-electron chi connectivity index (χ1n) is 5.49. The number of aromatic nitrogens is 2. The van der Waals surface area contributed by atoms with Gasteiger partial charge in [0, 0.05) is 5.56 Å². The van der Waals surface area contributed by atoms with Gasteiger partial charge in [-0.25, -0.2) is 0 Å². The average Bonchev–Trinajstić information content (AvgIpc) is 2.96. The Morgan fingerprint density at radius 2 is 2.06 bits per heavy atom. The van der Waals surface area contributed by atoms with Gasteiger partial charge < -0.3 is 0 Å². The summed E-state index contributed by atoms with van der Waals surface area (Å²) in [6, 6.07) is 8.22. The molecule has 0 radical (unpaired) electrons. The number of nitrogens with one attached hydrogen (secondary N) is 1. The summed E-state index contributed by atoms with van der Waals surface area (Å²) in [5.41, 5.74) is 5.33. The van der Waals surface area contributed by atoms with Crippen LogP contribution in [0.1, 0.15) is 28.0 Å². The van der Waals surface area contributed by atoms with Crippen molar-refractivity contribution in [2.75, 3.05) is 0 Å². The molecule has 0 saturated heterocycles. The normalized spacial score (nSPS) is 13.8. The molecule has 1 aromatic carbocycles. The molecule has 16 heavy (non-hydrogen) atoms. The molecule has 0 bridgehead atoms. The van der Waals surface area contributed by atoms with E-state index in [1.807, 2.05) is 0 Å². The number of fused-ring (bicyclic) bond motifs is 1. The van der Waals surface area contributed by atoms with Crippen LogP contribution in [-0.4, -0.2) is 16.5 Å². The number of carbonyl (C=O) groups excluding carboxylic acids is 1. The fourth-order valence-electron chi connectivity index (χ4n) is 2.28. The molecule has 80 valence electrons. The van der Waals surface area contributed by atoms with Gasteiger partial charge in [0.05, 0.1) is 11.4 Å². The van der Waals surface area contributed by atoms with Crippen molar-refractivity contribution in [1.29, 1.82) is 0 Å². The van der Waals surface area contributed by atoms with Crippen LogP contribution < -0.4 is 0 Å². The number of benzene rings is 1. The molecule has 1 aromatic heterocycles. The zero-order valence-corrected chi connectivity index (χ0v) is 8.86. The molecule has 1 aliphatic rings. The molecule has 1 heterocycles. The molecule has 0 saturated carbocycles. The SMILES string of the molecule is O=Cc1cc(-c2ccc3c(c2)CCC3)n[nH]1. The van der Waals surface area contributed by atoms with Crippen LogP contribution in [-0.2, 0) is 12.8 Å². The van der Waals surface area contributed by atoms with Crippen molar-refractivity contribution < 1.29 is 4.79 Å². The molecule has 2 aromatic rings. The molecular weight excluding hydrogens is 200 g/mol. The van der Waals surface area contributed by atoms with Crippen LogP contribution >= 0.6 is 0 Å². The maximum absolute atomic E-state index is 10.6. The van der Waals surface area contributed by atoms with Gasteiger partial charge in [0.25, 0.3) is 0 Å². The lowest BCUT2D eigenvalue weighted by Gasteiger charge is -2.01. The second-order valence-electron chi connectivity index (χ2n) is 4.16. The third kappa shape index (κ3) is 1.45. The first kappa shape index (κ1) is 9.33. The Kier molecular flexibility index (Phi) is 2.10. The lowest BCUT2D eigenvalue weighted by molar-refractivity contribution is 0.111. The largest absolute Gasteiger partial charge is 0.296 e. The zero-order valence-electron chi connectivity index (χ0n) is 8.86. The van der Waals surface area contributed by atoms with Gasteiger partial charge in [-0.3, -0.25) is 9.89 Å². The quantitative estimate of drug-likeness (QED) is 0.777. The minimum absolute atomic E-state index is 0.524. The Bertz CT molecular complexity index is 543. The summed E-state index contributed by atoms with van der Waals surface area (Å²) >= 11 is 0. The topological polar surface area (TPSA) is 45.8 Å². The van der Waals surface area contributed by atoms with Crippen LogP contribution in [0.4, 0.5) is 0 Å². The number of aromatic amines is 1. The van der Waals surface area contributed by atoms with Crippen molar-refractivity contribution in [3.63, 3.8) is 0 Å². The minimum Gasteiger partial charge on any atom is -0.296 e. The molecule has 0 unspecified atom stereocenters. The highest BCUT2D eigenvalue weighted by Crippen LogP contribution is 2.27. The summed E-state index contributed by atoms with van der Waals surface area (Å²) in [6.07, 6.45) is 4.38. The first-order valence-corrected chi connectivity index (χ1v) is 5.49. The highest BCUT2D eigenvalue weighted by molar-refractivity contribution is 5.75. The number of aldehydes is 1. The van der Waals surface area contributed by atoms with Crippen molar-refractivity contribution in [3.8, 4) is 11.3 Å². The average molecular weight is 212 g/mol. The van der Waals surface area contributed by atoms with Crippen molar-refractivity contribution in [2.24, 2.45) is 0 Å². The number of hydrogen-bond donors (Lipinski definition) is 1. The molecule has 1 N–H and O–H groups in total. The fraction of sp³-hybridized carbons (Fsp3) is 0.231. The van der Waals surface area contributed by atoms with E-state index in [0.717, 1.165) is 24.0 Å². The summed E-state index contributed by atoms with van der Waals surface area (Å²) in [6.45, 7) is 0. The maximum atomic E-state index is 10.6. The predicted molar refractivity (Wildman–Crippen MR) is 61.4 cm³/mol. The molecule has 0 amide bonds. The van der Waals surface area contributed by atoms with E-state index in [1.54, 1.807) is 6.07 Å². The molecule has 0 fully saturated rings. The summed E-state index contributed by atoms with van der Waals surface area (Å²) < 4.78 is 0. The van der Waals surface area contributed by atoms with Gasteiger partial charge in [-0.2, -0.15) is 5.10 Å². The standard InChI is InChI=1S/C13H12N2O/c16-8-12-7-13(15-14-12)11-5-4-9-2-1-3-10(9)6-11/h4-8H,1-3H2,(H,14,15). The second-order valence-corrected chi connectivity index (χ2v) is 4.16. The molecule has 0 atom stereocenters. The monoisotopic (exact) mass is 212 g/mol. The fourth-order valence-corrected chi connectivity index (χ4v) is 2.28. The van der Waals surface area contributed by atoms with Gasteiger partial charge in [0.2, 0.25) is 0 Å². The Morgan fingerprint density at radius 3 is 2.88 bits per heavy atom. The van der Waals surface area contributed by atoms with Crippen LogP contribution in [0.15, 0.2) is 24.3 Å². The van der Waals surface area contributed by atoms with E-state index in [0.29, 0.717) is 5.69 Å². The van der Waals surface area contributed by atoms with E-state index in [2.05, 4.69) is 28.4 Å². The molecule has 0 spiro atoms. The molecule has 0 aliphatic heterocycles. The second kappa shape index (κ2) is 3.59. The molecule has 3 heteroatoms. The third-order valence-corrected chi connectivity index (χ3v) is 3.12. The van der Waals surface area contributed by atoms with E-state index in [-0.39, 0.29) is 0 Å². The van der Waals surface area contributed by atoms with Crippen LogP contribution in [0.5, 0.6) is 0 Å². The highest BCUT2D eigenvalue weighted by Gasteiger charge is 2.12. The first-order chi connectivity index (χ1) is 7.86. The third-order valence-electron chi connectivity index (χ3n) is 3.12. The molecule has 1 aliphatic carbocycles. The van der Waals surface area contributed by atoms with Gasteiger partial charge in [-0.05, 0) is 42.5 Å². The molecular formula is C13H12N2O. The number of H-pyrrole nitrogens is 1. The van der Waals surface area contributed by atoms with Gasteiger partial charge in [-0.15, -0.1) is 0 Å². The van der Waals surface area contributed by atoms with E-state index < -0.39 is 0 Å². The zero-order chi connectivity index (χ0) is 11.0. The van der Waals surface area contributed by atoms with E-state index in [4.69, 9.17) is 0 Å². The lowest BCUT2D eigenvalue weighted by Crippen LogP contribution is -1.84. The number of hydrogen-bond acceptors (Lipinski definition) is 2. The summed E-state index contributed by atoms with van der Waals surface area (Å²) in [4.78, 5) is 10.6. The summed E-state index contributed by atoms with van der Waals surface area (Å²) in [5, 5.41) is 6.83. The Labute approximate surface area is 93.5 Å². The van der Waals surface area contributed by atoms with Crippen molar-refractivity contribution in [1.82, 2.24) is 10.2 Å². The van der Waals surface area contributed by atoms with E-state index in [1.165, 1.54) is 24.0 Å². The van der Waals surface area contributed by atoms with E-state index >= 15 is 0 Å². The summed E-state index contributed by atoms with van der Waals surface area (Å²) in [5.74, 6) is 0. The Morgan fingerprint density at radius 1 is 1.19 bits per heavy atom. The number of nitrogens with zero attached hydrogens (tertiary/aromatic N) is 1. The van der Waals surface area contributed by atoms with Gasteiger partial charge in [-0.1, -0.05) is 12.1 Å². The smallest absolute Gasteiger partial charge is 0.167 e. The Balaban J connectivity index is 2.03. The molecule has 3 rings (SSSR count).